The summed E-state index contributed by atoms with van der Waals surface area (Å²) < 4.78 is 0. The van der Waals surface area contributed by atoms with Crippen LogP contribution < -0.4 is 5.32 Å². The van der Waals surface area contributed by atoms with Crippen LogP contribution >= 0.6 is 23.2 Å². The van der Waals surface area contributed by atoms with Crippen molar-refractivity contribution in [1.82, 2.24) is 10.2 Å². The Morgan fingerprint density at radius 1 is 1.30 bits per heavy atom. The highest BCUT2D eigenvalue weighted by Crippen LogP contribution is 2.23. The van der Waals surface area contributed by atoms with E-state index in [0.717, 1.165) is 13.0 Å². The maximum Gasteiger partial charge on any atom is 0.253 e. The maximum absolute atomic E-state index is 12.0. The van der Waals surface area contributed by atoms with Crippen molar-refractivity contribution in [3.05, 3.63) is 33.8 Å². The lowest BCUT2D eigenvalue weighted by Crippen LogP contribution is -2.37. The van der Waals surface area contributed by atoms with Crippen LogP contribution in [0.2, 0.25) is 10.0 Å². The van der Waals surface area contributed by atoms with Crippen molar-refractivity contribution < 1.29 is 9.90 Å². The van der Waals surface area contributed by atoms with Gasteiger partial charge in [-0.3, -0.25) is 4.79 Å². The normalized spacial score (nSPS) is 14.2. The summed E-state index contributed by atoms with van der Waals surface area (Å²) >= 11 is 11.7. The number of nitrogens with zero attached hydrogens (tertiary/aromatic N) is 1. The fraction of sp³-hybridized carbons (Fsp3) is 0.500. The number of carbonyl (C=O) groups is 1. The van der Waals surface area contributed by atoms with E-state index in [1.165, 1.54) is 12.1 Å². The Morgan fingerprint density at radius 2 is 1.85 bits per heavy atom. The van der Waals surface area contributed by atoms with E-state index in [1.807, 2.05) is 25.9 Å². The van der Waals surface area contributed by atoms with Gasteiger partial charge >= 0.3 is 0 Å². The van der Waals surface area contributed by atoms with Crippen molar-refractivity contribution in [2.45, 2.75) is 25.5 Å². The third kappa shape index (κ3) is 5.67. The van der Waals surface area contributed by atoms with E-state index in [9.17, 15) is 9.90 Å². The summed E-state index contributed by atoms with van der Waals surface area (Å²) in [6.45, 7) is 2.76. The fourth-order valence-corrected chi connectivity index (χ4v) is 2.27. The molecule has 0 saturated carbocycles. The zero-order valence-electron chi connectivity index (χ0n) is 11.9. The van der Waals surface area contributed by atoms with Crippen molar-refractivity contribution >= 4 is 29.1 Å². The van der Waals surface area contributed by atoms with Crippen LogP contribution in [0.5, 0.6) is 0 Å². The first-order valence-corrected chi connectivity index (χ1v) is 7.14. The standard InChI is InChI=1S/C14H20Cl2N2O2/c1-9(4-5-18(2)3)17-14(20)13(19)10-6-11(15)8-12(16)7-10/h6-9,13,19H,4-5H2,1-3H3,(H,17,20). The van der Waals surface area contributed by atoms with E-state index in [0.29, 0.717) is 15.6 Å². The van der Waals surface area contributed by atoms with E-state index in [1.54, 1.807) is 6.07 Å². The van der Waals surface area contributed by atoms with E-state index in [-0.39, 0.29) is 6.04 Å². The molecule has 112 valence electrons. The number of benzene rings is 1. The van der Waals surface area contributed by atoms with Gasteiger partial charge in [-0.15, -0.1) is 0 Å². The molecule has 1 aromatic rings. The average Bonchev–Trinajstić information content (AvgIpc) is 2.34. The molecule has 0 aliphatic rings. The molecule has 0 heterocycles. The number of aliphatic hydroxyl groups excluding tert-OH is 1. The molecule has 0 spiro atoms. The molecule has 0 aliphatic heterocycles. The highest BCUT2D eigenvalue weighted by Gasteiger charge is 2.20. The third-order valence-electron chi connectivity index (χ3n) is 2.85. The molecule has 1 rings (SSSR count). The molecular formula is C14H20Cl2N2O2. The first kappa shape index (κ1) is 17.2. The Morgan fingerprint density at radius 3 is 2.35 bits per heavy atom. The van der Waals surface area contributed by atoms with Crippen molar-refractivity contribution in [1.29, 1.82) is 0 Å². The van der Waals surface area contributed by atoms with E-state index >= 15 is 0 Å². The van der Waals surface area contributed by atoms with Crippen LogP contribution in [-0.2, 0) is 4.79 Å². The highest BCUT2D eigenvalue weighted by molar-refractivity contribution is 6.34. The van der Waals surface area contributed by atoms with Gasteiger partial charge in [-0.25, -0.2) is 0 Å². The molecule has 0 fully saturated rings. The highest BCUT2D eigenvalue weighted by atomic mass is 35.5. The van der Waals surface area contributed by atoms with Crippen LogP contribution in [0.1, 0.15) is 25.0 Å². The molecule has 2 atom stereocenters. The minimum atomic E-state index is -1.27. The minimum Gasteiger partial charge on any atom is -0.378 e. The second kappa shape index (κ2) is 7.84. The number of hydrogen-bond acceptors (Lipinski definition) is 3. The van der Waals surface area contributed by atoms with Crippen LogP contribution in [-0.4, -0.2) is 42.6 Å². The zero-order chi connectivity index (χ0) is 15.3. The predicted octanol–water partition coefficient (Wildman–Crippen LogP) is 2.48. The Balaban J connectivity index is 2.62. The number of amides is 1. The molecule has 0 aromatic heterocycles. The number of hydrogen-bond donors (Lipinski definition) is 2. The summed E-state index contributed by atoms with van der Waals surface area (Å²) in [5.74, 6) is -0.449. The van der Waals surface area contributed by atoms with E-state index in [2.05, 4.69) is 5.32 Å². The summed E-state index contributed by atoms with van der Waals surface area (Å²) in [5.41, 5.74) is 0.389. The first-order chi connectivity index (χ1) is 9.29. The molecule has 2 N–H and O–H groups in total. The van der Waals surface area contributed by atoms with Gasteiger partial charge in [0, 0.05) is 16.1 Å². The largest absolute Gasteiger partial charge is 0.378 e. The van der Waals surface area contributed by atoms with Crippen LogP contribution in [0.4, 0.5) is 0 Å². The van der Waals surface area contributed by atoms with Gasteiger partial charge in [0.15, 0.2) is 6.10 Å². The molecule has 0 bridgehead atoms. The molecule has 1 amide bonds. The Kier molecular flexibility index (Phi) is 6.76. The Hall–Kier alpha value is -0.810. The van der Waals surface area contributed by atoms with Crippen molar-refractivity contribution in [3.63, 3.8) is 0 Å². The number of rotatable bonds is 6. The van der Waals surface area contributed by atoms with Gasteiger partial charge in [-0.2, -0.15) is 0 Å². The van der Waals surface area contributed by atoms with Gasteiger partial charge in [0.25, 0.3) is 5.91 Å². The molecule has 4 nitrogen and oxygen atoms in total. The minimum absolute atomic E-state index is 0.0193. The van der Waals surface area contributed by atoms with Gasteiger partial charge in [0.05, 0.1) is 0 Å². The van der Waals surface area contributed by atoms with Crippen molar-refractivity contribution in [3.8, 4) is 0 Å². The third-order valence-corrected chi connectivity index (χ3v) is 3.28. The predicted molar refractivity (Wildman–Crippen MR) is 82.2 cm³/mol. The molecule has 0 aliphatic carbocycles. The second-order valence-electron chi connectivity index (χ2n) is 5.11. The van der Waals surface area contributed by atoms with E-state index in [4.69, 9.17) is 23.2 Å². The van der Waals surface area contributed by atoms with Gasteiger partial charge in [0.2, 0.25) is 0 Å². The fourth-order valence-electron chi connectivity index (χ4n) is 1.73. The molecular weight excluding hydrogens is 299 g/mol. The van der Waals surface area contributed by atoms with Crippen molar-refractivity contribution in [2.24, 2.45) is 0 Å². The second-order valence-corrected chi connectivity index (χ2v) is 5.98. The average molecular weight is 319 g/mol. The number of aliphatic hydroxyl groups is 1. The van der Waals surface area contributed by atoms with Gasteiger partial charge in [-0.05, 0) is 57.7 Å². The summed E-state index contributed by atoms with van der Waals surface area (Å²) in [4.78, 5) is 14.0. The van der Waals surface area contributed by atoms with Crippen LogP contribution in [0.3, 0.4) is 0 Å². The van der Waals surface area contributed by atoms with Gasteiger partial charge < -0.3 is 15.3 Å². The Labute approximate surface area is 129 Å². The Bertz CT molecular complexity index is 446. The smallest absolute Gasteiger partial charge is 0.253 e. The number of nitrogens with one attached hydrogen (secondary N) is 1. The molecule has 6 heteroatoms. The molecule has 20 heavy (non-hydrogen) atoms. The van der Waals surface area contributed by atoms with Crippen LogP contribution in [0, 0.1) is 0 Å². The maximum atomic E-state index is 12.0. The van der Waals surface area contributed by atoms with Gasteiger partial charge in [0.1, 0.15) is 0 Å². The van der Waals surface area contributed by atoms with Crippen molar-refractivity contribution in [2.75, 3.05) is 20.6 Å². The lowest BCUT2D eigenvalue weighted by Gasteiger charge is -2.19. The van der Waals surface area contributed by atoms with Crippen LogP contribution in [0.25, 0.3) is 0 Å². The topological polar surface area (TPSA) is 52.6 Å². The summed E-state index contributed by atoms with van der Waals surface area (Å²) in [7, 11) is 3.94. The SMILES string of the molecule is CC(CCN(C)C)NC(=O)C(O)c1cc(Cl)cc(Cl)c1. The lowest BCUT2D eigenvalue weighted by molar-refractivity contribution is -0.130. The summed E-state index contributed by atoms with van der Waals surface area (Å²) in [6.07, 6.45) is -0.463. The van der Waals surface area contributed by atoms with E-state index < -0.39 is 12.0 Å². The number of carbonyl (C=O) groups excluding carboxylic acids is 1. The first-order valence-electron chi connectivity index (χ1n) is 6.38. The lowest BCUT2D eigenvalue weighted by atomic mass is 10.1. The summed E-state index contributed by atoms with van der Waals surface area (Å²) in [5, 5.41) is 13.6. The molecule has 1 aromatic carbocycles. The molecule has 2 unspecified atom stereocenters. The molecule has 0 radical (unpaired) electrons. The summed E-state index contributed by atoms with van der Waals surface area (Å²) in [6, 6.07) is 4.59. The quantitative estimate of drug-likeness (QED) is 0.847. The monoisotopic (exact) mass is 318 g/mol. The molecule has 0 saturated heterocycles. The number of halogens is 2. The van der Waals surface area contributed by atoms with Gasteiger partial charge in [-0.1, -0.05) is 23.2 Å². The zero-order valence-corrected chi connectivity index (χ0v) is 13.4. The van der Waals surface area contributed by atoms with Crippen LogP contribution in [0.15, 0.2) is 18.2 Å².